The number of aromatic nitrogens is 4. The number of benzene rings is 1. The van der Waals surface area contributed by atoms with Gasteiger partial charge in [-0.05, 0) is 42.3 Å². The minimum Gasteiger partial charge on any atom is -0.327 e. The van der Waals surface area contributed by atoms with Crippen molar-refractivity contribution in [3.63, 3.8) is 0 Å². The Bertz CT molecular complexity index is 987. The highest BCUT2D eigenvalue weighted by molar-refractivity contribution is 6.30. The smallest absolute Gasteiger partial charge is 0.290 e. The molecular formula is C18H15Cl2N5O. The normalized spacial score (nSPS) is 16.7. The number of imidazole rings is 1. The number of amides is 1. The standard InChI is InChI=1S/C18H15Cl2N5O/c1-11-8-24-10-15(14-5-6-21-18(20)23-14)22-16(24)17(26)25(11)9-12-3-2-4-13(19)7-12/h2-7,10-11H,8-9H2,1H3. The number of rotatable bonds is 3. The van der Waals surface area contributed by atoms with Gasteiger partial charge >= 0.3 is 0 Å². The molecule has 4 rings (SSSR count). The summed E-state index contributed by atoms with van der Waals surface area (Å²) in [4.78, 5) is 27.3. The van der Waals surface area contributed by atoms with Gasteiger partial charge in [-0.15, -0.1) is 0 Å². The molecule has 0 bridgehead atoms. The summed E-state index contributed by atoms with van der Waals surface area (Å²) in [6, 6.07) is 9.29. The number of nitrogens with zero attached hydrogens (tertiary/aromatic N) is 5. The Balaban J connectivity index is 1.65. The molecule has 0 N–H and O–H groups in total. The quantitative estimate of drug-likeness (QED) is 0.642. The molecule has 1 aliphatic heterocycles. The lowest BCUT2D eigenvalue weighted by Gasteiger charge is -2.33. The predicted octanol–water partition coefficient (Wildman–Crippen LogP) is 3.69. The Morgan fingerprint density at radius 3 is 2.81 bits per heavy atom. The second-order valence-corrected chi connectivity index (χ2v) is 7.00. The SMILES string of the molecule is CC1Cn2cc(-c3ccnc(Cl)n3)nc2C(=O)N1Cc1cccc(Cl)c1. The van der Waals surface area contributed by atoms with Gasteiger partial charge in [-0.3, -0.25) is 4.79 Å². The first-order valence-electron chi connectivity index (χ1n) is 8.13. The molecule has 3 heterocycles. The third kappa shape index (κ3) is 3.18. The van der Waals surface area contributed by atoms with Crippen molar-refractivity contribution in [2.75, 3.05) is 0 Å². The number of halogens is 2. The van der Waals surface area contributed by atoms with Crippen molar-refractivity contribution >= 4 is 29.1 Å². The first kappa shape index (κ1) is 17.0. The molecule has 0 spiro atoms. The Morgan fingerprint density at radius 1 is 1.19 bits per heavy atom. The average molecular weight is 388 g/mol. The molecule has 1 amide bonds. The first-order chi connectivity index (χ1) is 12.5. The van der Waals surface area contributed by atoms with Gasteiger partial charge in [0.15, 0.2) is 5.82 Å². The van der Waals surface area contributed by atoms with Gasteiger partial charge in [0.1, 0.15) is 5.69 Å². The molecule has 0 saturated carbocycles. The van der Waals surface area contributed by atoms with E-state index in [9.17, 15) is 4.79 Å². The van der Waals surface area contributed by atoms with Crippen LogP contribution in [-0.4, -0.2) is 36.4 Å². The van der Waals surface area contributed by atoms with E-state index < -0.39 is 0 Å². The number of carbonyl (C=O) groups is 1. The lowest BCUT2D eigenvalue weighted by molar-refractivity contribution is 0.0587. The van der Waals surface area contributed by atoms with Crippen LogP contribution in [0.2, 0.25) is 10.3 Å². The van der Waals surface area contributed by atoms with Crippen LogP contribution in [0.15, 0.2) is 42.7 Å². The first-order valence-corrected chi connectivity index (χ1v) is 8.88. The van der Waals surface area contributed by atoms with E-state index in [0.29, 0.717) is 35.3 Å². The van der Waals surface area contributed by atoms with E-state index in [4.69, 9.17) is 23.2 Å². The van der Waals surface area contributed by atoms with E-state index in [-0.39, 0.29) is 17.2 Å². The third-order valence-corrected chi connectivity index (χ3v) is 4.77. The number of hydrogen-bond donors (Lipinski definition) is 0. The van der Waals surface area contributed by atoms with Crippen LogP contribution in [0.4, 0.5) is 0 Å². The van der Waals surface area contributed by atoms with Crippen molar-refractivity contribution in [3.8, 4) is 11.4 Å². The van der Waals surface area contributed by atoms with Gasteiger partial charge in [-0.1, -0.05) is 23.7 Å². The van der Waals surface area contributed by atoms with Gasteiger partial charge in [-0.2, -0.15) is 0 Å². The summed E-state index contributed by atoms with van der Waals surface area (Å²) >= 11 is 11.9. The van der Waals surface area contributed by atoms with Crippen LogP contribution in [0.3, 0.4) is 0 Å². The zero-order chi connectivity index (χ0) is 18.3. The maximum atomic E-state index is 13.0. The van der Waals surface area contributed by atoms with Gasteiger partial charge in [0, 0.05) is 36.5 Å². The molecule has 3 aromatic rings. The third-order valence-electron chi connectivity index (χ3n) is 4.35. The molecule has 8 heteroatoms. The maximum absolute atomic E-state index is 13.0. The zero-order valence-electron chi connectivity index (χ0n) is 13.9. The van der Waals surface area contributed by atoms with Gasteiger partial charge in [0.2, 0.25) is 5.28 Å². The number of carbonyl (C=O) groups excluding carboxylic acids is 1. The van der Waals surface area contributed by atoms with Crippen molar-refractivity contribution in [1.29, 1.82) is 0 Å². The summed E-state index contributed by atoms with van der Waals surface area (Å²) in [5.74, 6) is 0.282. The Labute approximate surface area is 160 Å². The van der Waals surface area contributed by atoms with E-state index in [1.54, 1.807) is 12.3 Å². The molecule has 1 unspecified atom stereocenters. The maximum Gasteiger partial charge on any atom is 0.290 e. The molecule has 1 atom stereocenters. The van der Waals surface area contributed by atoms with E-state index in [2.05, 4.69) is 15.0 Å². The highest BCUT2D eigenvalue weighted by Crippen LogP contribution is 2.25. The fourth-order valence-electron chi connectivity index (χ4n) is 3.10. The Hall–Kier alpha value is -2.44. The summed E-state index contributed by atoms with van der Waals surface area (Å²) in [6.07, 6.45) is 3.40. The highest BCUT2D eigenvalue weighted by Gasteiger charge is 2.32. The Morgan fingerprint density at radius 2 is 2.04 bits per heavy atom. The molecule has 1 aliphatic rings. The van der Waals surface area contributed by atoms with Crippen molar-refractivity contribution in [2.24, 2.45) is 0 Å². The van der Waals surface area contributed by atoms with E-state index in [1.807, 2.05) is 46.9 Å². The number of hydrogen-bond acceptors (Lipinski definition) is 4. The van der Waals surface area contributed by atoms with Crippen LogP contribution in [0.25, 0.3) is 11.4 Å². The lowest BCUT2D eigenvalue weighted by Crippen LogP contribution is -2.46. The van der Waals surface area contributed by atoms with Crippen molar-refractivity contribution < 1.29 is 4.79 Å². The molecule has 26 heavy (non-hydrogen) atoms. The molecule has 0 aliphatic carbocycles. The minimum absolute atomic E-state index is 0.0324. The zero-order valence-corrected chi connectivity index (χ0v) is 15.4. The highest BCUT2D eigenvalue weighted by atomic mass is 35.5. The van der Waals surface area contributed by atoms with E-state index in [0.717, 1.165) is 5.56 Å². The van der Waals surface area contributed by atoms with Crippen LogP contribution >= 0.6 is 23.2 Å². The second kappa shape index (κ2) is 6.70. The summed E-state index contributed by atoms with van der Waals surface area (Å²) < 4.78 is 1.87. The molecular weight excluding hydrogens is 373 g/mol. The van der Waals surface area contributed by atoms with Gasteiger partial charge < -0.3 is 9.47 Å². The molecule has 6 nitrogen and oxygen atoms in total. The van der Waals surface area contributed by atoms with Crippen molar-refractivity contribution in [3.05, 3.63) is 64.4 Å². The molecule has 132 valence electrons. The van der Waals surface area contributed by atoms with Crippen LogP contribution in [0.1, 0.15) is 23.1 Å². The molecule has 0 radical (unpaired) electrons. The monoisotopic (exact) mass is 387 g/mol. The topological polar surface area (TPSA) is 63.9 Å². The average Bonchev–Trinajstić information content (AvgIpc) is 3.03. The van der Waals surface area contributed by atoms with Gasteiger partial charge in [-0.25, -0.2) is 15.0 Å². The molecule has 0 fully saturated rings. The van der Waals surface area contributed by atoms with Crippen molar-refractivity contribution in [2.45, 2.75) is 26.1 Å². The fourth-order valence-corrected chi connectivity index (χ4v) is 3.46. The Kier molecular flexibility index (Phi) is 4.38. The van der Waals surface area contributed by atoms with Crippen molar-refractivity contribution in [1.82, 2.24) is 24.4 Å². The van der Waals surface area contributed by atoms with Crippen LogP contribution in [0.5, 0.6) is 0 Å². The predicted molar refractivity (Wildman–Crippen MR) is 99.1 cm³/mol. The summed E-state index contributed by atoms with van der Waals surface area (Å²) in [5, 5.41) is 0.805. The summed E-state index contributed by atoms with van der Waals surface area (Å²) in [7, 11) is 0. The molecule has 0 saturated heterocycles. The molecule has 1 aromatic carbocycles. The fraction of sp³-hybridized carbons (Fsp3) is 0.222. The van der Waals surface area contributed by atoms with Gasteiger partial charge in [0.25, 0.3) is 5.91 Å². The summed E-state index contributed by atoms with van der Waals surface area (Å²) in [6.45, 7) is 3.17. The number of fused-ring (bicyclic) bond motifs is 1. The second-order valence-electron chi connectivity index (χ2n) is 6.23. The van der Waals surface area contributed by atoms with Gasteiger partial charge in [0.05, 0.1) is 5.69 Å². The van der Waals surface area contributed by atoms with Crippen LogP contribution in [-0.2, 0) is 13.1 Å². The summed E-state index contributed by atoms with van der Waals surface area (Å²) in [5.41, 5.74) is 2.18. The minimum atomic E-state index is -0.116. The van der Waals surface area contributed by atoms with E-state index >= 15 is 0 Å². The van der Waals surface area contributed by atoms with E-state index in [1.165, 1.54) is 0 Å². The van der Waals surface area contributed by atoms with Crippen LogP contribution < -0.4 is 0 Å². The largest absolute Gasteiger partial charge is 0.327 e. The molecule has 2 aromatic heterocycles. The van der Waals surface area contributed by atoms with Crippen LogP contribution in [0, 0.1) is 0 Å². The lowest BCUT2D eigenvalue weighted by atomic mass is 10.1.